The van der Waals surface area contributed by atoms with Crippen LogP contribution in [0.4, 0.5) is 5.82 Å². The maximum Gasteiger partial charge on any atom is 0.154 e. The first-order valence-corrected chi connectivity index (χ1v) is 12.1. The Morgan fingerprint density at radius 3 is 2.52 bits per heavy atom. The van der Waals surface area contributed by atoms with Gasteiger partial charge in [0, 0.05) is 20.9 Å². The molecule has 164 valence electrons. The standard InChI is InChI=1S/C25H30BrClN4/c1-4-31(5-2)16-6-7-18(3)28-25-22-14-13-21(27)17-23(22)29-24(30-25)15-10-19-8-11-20(26)12-9-19/h8-15,17-18H,4-7,16H2,1-3H3,(H,28,29,30)/b15-10+/t18-/m1/s1. The highest BCUT2D eigenvalue weighted by Gasteiger charge is 2.11. The second-order valence-electron chi connectivity index (χ2n) is 7.69. The van der Waals surface area contributed by atoms with Crippen molar-refractivity contribution < 1.29 is 0 Å². The van der Waals surface area contributed by atoms with Crippen LogP contribution >= 0.6 is 27.5 Å². The monoisotopic (exact) mass is 500 g/mol. The van der Waals surface area contributed by atoms with Crippen LogP contribution in [0.25, 0.3) is 23.1 Å². The summed E-state index contributed by atoms with van der Waals surface area (Å²) in [6.45, 7) is 9.97. The molecule has 0 unspecified atom stereocenters. The van der Waals surface area contributed by atoms with E-state index in [-0.39, 0.29) is 0 Å². The smallest absolute Gasteiger partial charge is 0.154 e. The molecule has 0 bridgehead atoms. The van der Waals surface area contributed by atoms with Crippen molar-refractivity contribution in [2.45, 2.75) is 39.7 Å². The van der Waals surface area contributed by atoms with E-state index in [2.05, 4.69) is 59.1 Å². The fraction of sp³-hybridized carbons (Fsp3) is 0.360. The summed E-state index contributed by atoms with van der Waals surface area (Å²) in [6.07, 6.45) is 6.20. The molecule has 0 saturated heterocycles. The highest BCUT2D eigenvalue weighted by atomic mass is 79.9. The summed E-state index contributed by atoms with van der Waals surface area (Å²) in [6, 6.07) is 14.2. The van der Waals surface area contributed by atoms with E-state index >= 15 is 0 Å². The third-order valence-corrected chi connectivity index (χ3v) is 6.12. The number of nitrogens with one attached hydrogen (secondary N) is 1. The molecule has 1 aromatic heterocycles. The predicted octanol–water partition coefficient (Wildman–Crippen LogP) is 7.14. The van der Waals surface area contributed by atoms with Gasteiger partial charge in [-0.2, -0.15) is 0 Å². The molecule has 1 heterocycles. The maximum absolute atomic E-state index is 6.23. The van der Waals surface area contributed by atoms with Crippen LogP contribution in [0.3, 0.4) is 0 Å². The Kier molecular flexibility index (Phi) is 8.88. The summed E-state index contributed by atoms with van der Waals surface area (Å²) in [5.41, 5.74) is 1.94. The van der Waals surface area contributed by atoms with Gasteiger partial charge in [0.15, 0.2) is 5.82 Å². The SMILES string of the molecule is CCN(CC)CCC[C@@H](C)Nc1nc(/C=C/c2ccc(Br)cc2)nc2cc(Cl)ccc12. The van der Waals surface area contributed by atoms with Gasteiger partial charge >= 0.3 is 0 Å². The molecule has 2 aromatic carbocycles. The van der Waals surface area contributed by atoms with Gasteiger partial charge in [0.2, 0.25) is 0 Å². The Labute approximate surface area is 198 Å². The summed E-state index contributed by atoms with van der Waals surface area (Å²) in [5, 5.41) is 5.27. The van der Waals surface area contributed by atoms with Crippen LogP contribution in [-0.4, -0.2) is 40.5 Å². The van der Waals surface area contributed by atoms with Crippen LogP contribution in [-0.2, 0) is 0 Å². The maximum atomic E-state index is 6.23. The number of anilines is 1. The quantitative estimate of drug-likeness (QED) is 0.320. The first kappa shape index (κ1) is 23.7. The van der Waals surface area contributed by atoms with Gasteiger partial charge in [0.25, 0.3) is 0 Å². The molecule has 3 rings (SSSR count). The minimum atomic E-state index is 0.313. The summed E-state index contributed by atoms with van der Waals surface area (Å²) >= 11 is 9.70. The van der Waals surface area contributed by atoms with Gasteiger partial charge < -0.3 is 10.2 Å². The van der Waals surface area contributed by atoms with Crippen LogP contribution in [0, 0.1) is 0 Å². The third-order valence-electron chi connectivity index (χ3n) is 5.36. The lowest BCUT2D eigenvalue weighted by Crippen LogP contribution is -2.25. The zero-order chi connectivity index (χ0) is 22.2. The number of fused-ring (bicyclic) bond motifs is 1. The number of halogens is 2. The topological polar surface area (TPSA) is 41.0 Å². The number of nitrogens with zero attached hydrogens (tertiary/aromatic N) is 3. The van der Waals surface area contributed by atoms with Gasteiger partial charge in [-0.15, -0.1) is 0 Å². The number of rotatable bonds is 10. The number of hydrogen-bond acceptors (Lipinski definition) is 4. The summed E-state index contributed by atoms with van der Waals surface area (Å²) in [4.78, 5) is 12.0. The molecular formula is C25H30BrClN4. The minimum absolute atomic E-state index is 0.313. The van der Waals surface area contributed by atoms with Crippen molar-refractivity contribution in [3.8, 4) is 0 Å². The third kappa shape index (κ3) is 7.03. The number of aromatic nitrogens is 2. The van der Waals surface area contributed by atoms with Crippen molar-refractivity contribution >= 4 is 56.4 Å². The fourth-order valence-corrected chi connectivity index (χ4v) is 3.95. The van der Waals surface area contributed by atoms with E-state index < -0.39 is 0 Å². The van der Waals surface area contributed by atoms with Crippen molar-refractivity contribution in [2.24, 2.45) is 0 Å². The second-order valence-corrected chi connectivity index (χ2v) is 9.04. The van der Waals surface area contributed by atoms with Crippen molar-refractivity contribution in [3.63, 3.8) is 0 Å². The molecule has 0 saturated carbocycles. The summed E-state index contributed by atoms with van der Waals surface area (Å²) < 4.78 is 1.06. The summed E-state index contributed by atoms with van der Waals surface area (Å²) in [5.74, 6) is 1.52. The second kappa shape index (κ2) is 11.6. The first-order valence-electron chi connectivity index (χ1n) is 10.9. The fourth-order valence-electron chi connectivity index (χ4n) is 3.52. The molecule has 4 nitrogen and oxygen atoms in total. The van der Waals surface area contributed by atoms with Crippen LogP contribution in [0.1, 0.15) is 45.0 Å². The van der Waals surface area contributed by atoms with E-state index in [1.165, 1.54) is 0 Å². The van der Waals surface area contributed by atoms with Crippen molar-refractivity contribution in [2.75, 3.05) is 25.0 Å². The van der Waals surface area contributed by atoms with Gasteiger partial charge in [-0.25, -0.2) is 9.97 Å². The van der Waals surface area contributed by atoms with Gasteiger partial charge in [-0.3, -0.25) is 0 Å². The van der Waals surface area contributed by atoms with Gasteiger partial charge in [-0.05, 0) is 81.4 Å². The first-order chi connectivity index (χ1) is 15.0. The molecule has 3 aromatic rings. The average molecular weight is 502 g/mol. The van der Waals surface area contributed by atoms with Gasteiger partial charge in [0.05, 0.1) is 5.52 Å². The lowest BCUT2D eigenvalue weighted by Gasteiger charge is -2.20. The molecule has 0 spiro atoms. The van der Waals surface area contributed by atoms with E-state index in [1.54, 1.807) is 0 Å². The Morgan fingerprint density at radius 2 is 1.81 bits per heavy atom. The molecule has 0 amide bonds. The lowest BCUT2D eigenvalue weighted by molar-refractivity contribution is 0.295. The van der Waals surface area contributed by atoms with Crippen LogP contribution < -0.4 is 5.32 Å². The molecule has 0 aliphatic heterocycles. The van der Waals surface area contributed by atoms with E-state index in [0.29, 0.717) is 16.9 Å². The van der Waals surface area contributed by atoms with E-state index in [9.17, 15) is 0 Å². The van der Waals surface area contributed by atoms with Crippen molar-refractivity contribution in [1.29, 1.82) is 0 Å². The molecule has 6 heteroatoms. The van der Waals surface area contributed by atoms with E-state index in [4.69, 9.17) is 21.6 Å². The van der Waals surface area contributed by atoms with E-state index in [1.807, 2.05) is 42.5 Å². The van der Waals surface area contributed by atoms with Crippen molar-refractivity contribution in [1.82, 2.24) is 14.9 Å². The van der Waals surface area contributed by atoms with Crippen LogP contribution in [0.5, 0.6) is 0 Å². The molecule has 0 fully saturated rings. The zero-order valence-electron chi connectivity index (χ0n) is 18.4. The molecule has 0 aliphatic carbocycles. The Bertz CT molecular complexity index is 1020. The Hall–Kier alpha value is -1.95. The summed E-state index contributed by atoms with van der Waals surface area (Å²) in [7, 11) is 0. The van der Waals surface area contributed by atoms with Gasteiger partial charge in [-0.1, -0.05) is 59.6 Å². The predicted molar refractivity (Wildman–Crippen MR) is 138 cm³/mol. The number of hydrogen-bond donors (Lipinski definition) is 1. The molecular weight excluding hydrogens is 472 g/mol. The Morgan fingerprint density at radius 1 is 1.06 bits per heavy atom. The molecule has 0 radical (unpaired) electrons. The minimum Gasteiger partial charge on any atom is -0.367 e. The Balaban J connectivity index is 1.79. The number of benzene rings is 2. The highest BCUT2D eigenvalue weighted by molar-refractivity contribution is 9.10. The van der Waals surface area contributed by atoms with Gasteiger partial charge in [0.1, 0.15) is 5.82 Å². The van der Waals surface area contributed by atoms with Crippen LogP contribution in [0.15, 0.2) is 46.9 Å². The molecule has 0 aliphatic rings. The molecule has 31 heavy (non-hydrogen) atoms. The van der Waals surface area contributed by atoms with Crippen molar-refractivity contribution in [3.05, 3.63) is 63.3 Å². The molecule has 1 N–H and O–H groups in total. The average Bonchev–Trinajstić information content (AvgIpc) is 2.76. The van der Waals surface area contributed by atoms with Crippen LogP contribution in [0.2, 0.25) is 5.02 Å². The lowest BCUT2D eigenvalue weighted by atomic mass is 10.1. The largest absolute Gasteiger partial charge is 0.367 e. The highest BCUT2D eigenvalue weighted by Crippen LogP contribution is 2.25. The van der Waals surface area contributed by atoms with E-state index in [0.717, 1.165) is 59.2 Å². The normalized spacial score (nSPS) is 12.7. The zero-order valence-corrected chi connectivity index (χ0v) is 20.7. The molecule has 1 atom stereocenters.